The van der Waals surface area contributed by atoms with Crippen LogP contribution in [0.3, 0.4) is 0 Å². The maximum Gasteiger partial charge on any atom is 0.410 e. The minimum atomic E-state index is -0.239. The number of carbonyl (C=O) groups is 1. The molecule has 1 N–H and O–H groups in total. The maximum absolute atomic E-state index is 12.3. The van der Waals surface area contributed by atoms with Crippen molar-refractivity contribution in [3.63, 3.8) is 0 Å². The number of hydrogen-bond donors (Lipinski definition) is 1. The molecule has 3 aromatic rings. The Labute approximate surface area is 172 Å². The number of nitrogens with one attached hydrogen (secondary N) is 1. The van der Waals surface area contributed by atoms with Crippen LogP contribution in [0.4, 0.5) is 10.5 Å². The predicted octanol–water partition coefficient (Wildman–Crippen LogP) is 2.91. The smallest absolute Gasteiger partial charge is 0.410 e. The van der Waals surface area contributed by atoms with Gasteiger partial charge in [-0.3, -0.25) is 0 Å². The van der Waals surface area contributed by atoms with E-state index in [0.717, 1.165) is 52.6 Å². The molecule has 9 heteroatoms. The van der Waals surface area contributed by atoms with Crippen LogP contribution in [-0.4, -0.2) is 71.4 Å². The van der Waals surface area contributed by atoms with Crippen LogP contribution in [0.25, 0.3) is 22.4 Å². The van der Waals surface area contributed by atoms with Gasteiger partial charge in [-0.2, -0.15) is 0 Å². The summed E-state index contributed by atoms with van der Waals surface area (Å²) < 4.78 is 10.5. The Balaban J connectivity index is 1.32. The lowest BCUT2D eigenvalue weighted by atomic mass is 10.2. The molecule has 0 radical (unpaired) electrons. The average Bonchev–Trinajstić information content (AvgIpc) is 3.37. The maximum atomic E-state index is 12.3. The van der Waals surface area contributed by atoms with Gasteiger partial charge in [0.15, 0.2) is 6.10 Å². The van der Waals surface area contributed by atoms with Gasteiger partial charge in [0.1, 0.15) is 5.65 Å². The molecule has 29 heavy (non-hydrogen) atoms. The van der Waals surface area contributed by atoms with E-state index in [4.69, 9.17) is 9.47 Å². The number of aromatic nitrogens is 3. The summed E-state index contributed by atoms with van der Waals surface area (Å²) in [5.74, 6) is 0. The van der Waals surface area contributed by atoms with Gasteiger partial charge in [0.2, 0.25) is 0 Å². The third kappa shape index (κ3) is 3.56. The number of aromatic amines is 1. The Morgan fingerprint density at radius 1 is 1.34 bits per heavy atom. The fraction of sp³-hybridized carbons (Fsp3) is 0.450. The zero-order valence-electron chi connectivity index (χ0n) is 16.3. The second kappa shape index (κ2) is 7.64. The number of fused-ring (bicyclic) bond motifs is 1. The molecule has 2 aliphatic rings. The van der Waals surface area contributed by atoms with Crippen molar-refractivity contribution in [2.75, 3.05) is 44.3 Å². The van der Waals surface area contributed by atoms with Gasteiger partial charge in [-0.05, 0) is 18.6 Å². The summed E-state index contributed by atoms with van der Waals surface area (Å²) in [4.78, 5) is 28.9. The number of ether oxygens (including phenoxy) is 2. The third-order valence-electron chi connectivity index (χ3n) is 5.39. The zero-order valence-corrected chi connectivity index (χ0v) is 17.1. The number of aryl methyl sites for hydroxylation is 1. The van der Waals surface area contributed by atoms with Crippen LogP contribution >= 0.6 is 11.3 Å². The number of carbonyl (C=O) groups excluding carboxylic acids is 1. The molecule has 2 aliphatic heterocycles. The quantitative estimate of drug-likeness (QED) is 0.708. The lowest BCUT2D eigenvalue weighted by Crippen LogP contribution is -2.51. The number of thiazole rings is 1. The molecule has 0 atom stereocenters. The fourth-order valence-corrected chi connectivity index (χ4v) is 4.40. The van der Waals surface area contributed by atoms with Crippen LogP contribution < -0.4 is 4.90 Å². The first-order valence-corrected chi connectivity index (χ1v) is 10.8. The van der Waals surface area contributed by atoms with Gasteiger partial charge in [0.05, 0.1) is 29.6 Å². The molecule has 0 aromatic carbocycles. The highest BCUT2D eigenvalue weighted by Crippen LogP contribution is 2.31. The lowest BCUT2D eigenvalue weighted by Gasteiger charge is -2.37. The molecule has 0 unspecified atom stereocenters. The summed E-state index contributed by atoms with van der Waals surface area (Å²) in [6.45, 7) is 5.92. The van der Waals surface area contributed by atoms with Crippen molar-refractivity contribution in [1.82, 2.24) is 19.9 Å². The molecule has 0 spiro atoms. The first kappa shape index (κ1) is 18.4. The van der Waals surface area contributed by atoms with Crippen LogP contribution in [0.15, 0.2) is 23.7 Å². The van der Waals surface area contributed by atoms with Crippen molar-refractivity contribution in [2.24, 2.45) is 0 Å². The number of piperazine rings is 1. The molecular formula is C20H23N5O3S. The number of H-pyrrole nitrogens is 1. The molecule has 3 aromatic heterocycles. The van der Waals surface area contributed by atoms with Gasteiger partial charge in [-0.1, -0.05) is 6.92 Å². The summed E-state index contributed by atoms with van der Waals surface area (Å²) in [5.41, 5.74) is 3.93. The molecule has 0 bridgehead atoms. The zero-order chi connectivity index (χ0) is 19.8. The third-order valence-corrected chi connectivity index (χ3v) is 6.39. The first-order valence-electron chi connectivity index (χ1n) is 9.92. The fourth-order valence-electron chi connectivity index (χ4n) is 3.65. The van der Waals surface area contributed by atoms with E-state index in [9.17, 15) is 4.79 Å². The van der Waals surface area contributed by atoms with Gasteiger partial charge in [-0.25, -0.2) is 14.8 Å². The van der Waals surface area contributed by atoms with Crippen LogP contribution in [0, 0.1) is 0 Å². The summed E-state index contributed by atoms with van der Waals surface area (Å²) in [6.07, 6.45) is 2.44. The van der Waals surface area contributed by atoms with E-state index in [1.165, 1.54) is 0 Å². The minimum Gasteiger partial charge on any atom is -0.441 e. The number of pyridine rings is 1. The van der Waals surface area contributed by atoms with Crippen molar-refractivity contribution in [3.8, 4) is 11.4 Å². The van der Waals surface area contributed by atoms with E-state index in [0.29, 0.717) is 26.3 Å². The van der Waals surface area contributed by atoms with Crippen LogP contribution in [0.2, 0.25) is 0 Å². The monoisotopic (exact) mass is 413 g/mol. The van der Waals surface area contributed by atoms with Crippen LogP contribution in [-0.2, 0) is 15.9 Å². The first-order chi connectivity index (χ1) is 14.2. The Bertz CT molecular complexity index is 1020. The highest BCUT2D eigenvalue weighted by atomic mass is 32.1. The molecule has 0 aliphatic carbocycles. The number of amides is 1. The van der Waals surface area contributed by atoms with Crippen molar-refractivity contribution < 1.29 is 14.3 Å². The molecule has 5 heterocycles. The highest BCUT2D eigenvalue weighted by molar-refractivity contribution is 7.09. The van der Waals surface area contributed by atoms with Gasteiger partial charge in [-0.15, -0.1) is 11.3 Å². The number of anilines is 1. The summed E-state index contributed by atoms with van der Waals surface area (Å²) >= 11 is 1.68. The molecule has 1 amide bonds. The number of hydrogen-bond acceptors (Lipinski definition) is 7. The topological polar surface area (TPSA) is 83.6 Å². The second-order valence-corrected chi connectivity index (χ2v) is 8.22. The van der Waals surface area contributed by atoms with E-state index < -0.39 is 0 Å². The second-order valence-electron chi connectivity index (χ2n) is 7.27. The molecule has 2 fully saturated rings. The molecule has 5 rings (SSSR count). The van der Waals surface area contributed by atoms with Crippen molar-refractivity contribution in [1.29, 1.82) is 0 Å². The molecule has 152 valence electrons. The van der Waals surface area contributed by atoms with Crippen LogP contribution in [0.5, 0.6) is 0 Å². The van der Waals surface area contributed by atoms with Gasteiger partial charge >= 0.3 is 6.09 Å². The summed E-state index contributed by atoms with van der Waals surface area (Å²) in [5, 5.41) is 4.29. The van der Waals surface area contributed by atoms with Crippen molar-refractivity contribution in [2.45, 2.75) is 19.4 Å². The number of nitrogens with zero attached hydrogens (tertiary/aromatic N) is 4. The predicted molar refractivity (Wildman–Crippen MR) is 111 cm³/mol. The SMILES string of the molecule is CCc1nc(-c2cc3c(N4CCN(C(=O)OC5COC5)CC4)ccnc3[nH]2)cs1. The van der Waals surface area contributed by atoms with Crippen molar-refractivity contribution >= 4 is 34.2 Å². The van der Waals surface area contributed by atoms with Crippen LogP contribution in [0.1, 0.15) is 11.9 Å². The normalized spacial score (nSPS) is 17.6. The van der Waals surface area contributed by atoms with E-state index in [1.807, 2.05) is 12.3 Å². The van der Waals surface area contributed by atoms with E-state index in [2.05, 4.69) is 38.2 Å². The van der Waals surface area contributed by atoms with E-state index >= 15 is 0 Å². The van der Waals surface area contributed by atoms with Gasteiger partial charge in [0.25, 0.3) is 0 Å². The molecule has 8 nitrogen and oxygen atoms in total. The Kier molecular flexibility index (Phi) is 4.84. The largest absolute Gasteiger partial charge is 0.441 e. The van der Waals surface area contributed by atoms with E-state index in [1.54, 1.807) is 16.2 Å². The molecular weight excluding hydrogens is 390 g/mol. The minimum absolute atomic E-state index is 0.0856. The van der Waals surface area contributed by atoms with Gasteiger partial charge in [0, 0.05) is 48.8 Å². The Morgan fingerprint density at radius 2 is 2.17 bits per heavy atom. The summed E-state index contributed by atoms with van der Waals surface area (Å²) in [7, 11) is 0. The van der Waals surface area contributed by atoms with Gasteiger partial charge < -0.3 is 24.3 Å². The highest BCUT2D eigenvalue weighted by Gasteiger charge is 2.28. The molecule has 0 saturated carbocycles. The lowest BCUT2D eigenvalue weighted by molar-refractivity contribution is -0.104. The van der Waals surface area contributed by atoms with E-state index in [-0.39, 0.29) is 12.2 Å². The number of rotatable bonds is 4. The Morgan fingerprint density at radius 3 is 2.86 bits per heavy atom. The summed E-state index contributed by atoms with van der Waals surface area (Å²) in [6, 6.07) is 4.17. The van der Waals surface area contributed by atoms with Crippen molar-refractivity contribution in [3.05, 3.63) is 28.7 Å². The molecule has 2 saturated heterocycles. The standard InChI is InChI=1S/C20H23N5O3S/c1-2-18-22-16(12-29-18)15-9-14-17(3-4-21-19(14)23-15)24-5-7-25(8-6-24)20(26)28-13-10-27-11-13/h3-4,9,12-13H,2,5-8,10-11H2,1H3,(H,21,23). The average molecular weight is 414 g/mol. The Hall–Kier alpha value is -2.65.